The SMILES string of the molecule is NC(=NC1CC2CCC1O2)C1CC1. The van der Waals surface area contributed by atoms with Gasteiger partial charge in [0, 0.05) is 5.92 Å². The van der Waals surface area contributed by atoms with Crippen molar-refractivity contribution in [2.24, 2.45) is 16.6 Å². The summed E-state index contributed by atoms with van der Waals surface area (Å²) in [5.74, 6) is 1.50. The molecule has 2 bridgehead atoms. The van der Waals surface area contributed by atoms with Gasteiger partial charge in [-0.1, -0.05) is 0 Å². The molecule has 3 unspecified atom stereocenters. The van der Waals surface area contributed by atoms with Crippen LogP contribution in [-0.2, 0) is 4.74 Å². The summed E-state index contributed by atoms with van der Waals surface area (Å²) in [7, 11) is 0. The van der Waals surface area contributed by atoms with Gasteiger partial charge in [-0.05, 0) is 32.1 Å². The van der Waals surface area contributed by atoms with Crippen molar-refractivity contribution < 1.29 is 4.74 Å². The zero-order valence-electron chi connectivity index (χ0n) is 7.78. The fourth-order valence-corrected chi connectivity index (χ4v) is 2.42. The van der Waals surface area contributed by atoms with Crippen LogP contribution in [0.2, 0.25) is 0 Å². The van der Waals surface area contributed by atoms with Crippen LogP contribution in [0.4, 0.5) is 0 Å². The highest BCUT2D eigenvalue weighted by atomic mass is 16.5. The summed E-state index contributed by atoms with van der Waals surface area (Å²) in [6.07, 6.45) is 6.91. The first-order valence-corrected chi connectivity index (χ1v) is 5.31. The molecule has 0 radical (unpaired) electrons. The summed E-state index contributed by atoms with van der Waals surface area (Å²) in [6, 6.07) is 0.388. The minimum Gasteiger partial charge on any atom is -0.387 e. The van der Waals surface area contributed by atoms with Gasteiger partial charge in [-0.2, -0.15) is 0 Å². The van der Waals surface area contributed by atoms with E-state index in [0.29, 0.717) is 24.2 Å². The zero-order valence-corrected chi connectivity index (χ0v) is 7.78. The molecule has 0 spiro atoms. The highest BCUT2D eigenvalue weighted by Crippen LogP contribution is 2.37. The number of aliphatic imine (C=N–C) groups is 1. The number of nitrogens with zero attached hydrogens (tertiary/aromatic N) is 1. The second-order valence-corrected chi connectivity index (χ2v) is 4.51. The van der Waals surface area contributed by atoms with E-state index in [-0.39, 0.29) is 0 Å². The van der Waals surface area contributed by atoms with E-state index in [0.717, 1.165) is 12.3 Å². The highest BCUT2D eigenvalue weighted by Gasteiger charge is 2.41. The fourth-order valence-electron chi connectivity index (χ4n) is 2.42. The van der Waals surface area contributed by atoms with Gasteiger partial charge >= 0.3 is 0 Å². The summed E-state index contributed by atoms with van der Waals surface area (Å²) in [4.78, 5) is 4.59. The van der Waals surface area contributed by atoms with Crippen LogP contribution in [0.3, 0.4) is 0 Å². The van der Waals surface area contributed by atoms with Crippen LogP contribution in [0, 0.1) is 5.92 Å². The predicted octanol–water partition coefficient (Wildman–Crippen LogP) is 1.07. The van der Waals surface area contributed by atoms with Crippen LogP contribution in [-0.4, -0.2) is 24.1 Å². The highest BCUT2D eigenvalue weighted by molar-refractivity contribution is 5.85. The average Bonchev–Trinajstić information content (AvgIpc) is 2.79. The van der Waals surface area contributed by atoms with E-state index < -0.39 is 0 Å². The molecule has 1 saturated carbocycles. The molecule has 0 aromatic carbocycles. The topological polar surface area (TPSA) is 47.6 Å². The lowest BCUT2D eigenvalue weighted by Gasteiger charge is -2.14. The van der Waals surface area contributed by atoms with Gasteiger partial charge in [0.15, 0.2) is 0 Å². The standard InChI is InChI=1S/C10H16N2O/c11-10(6-1-2-6)12-8-5-7-3-4-9(8)13-7/h6-9H,1-5H2,(H2,11,12). The first-order valence-electron chi connectivity index (χ1n) is 5.31. The summed E-state index contributed by atoms with van der Waals surface area (Å²) >= 11 is 0. The maximum absolute atomic E-state index is 5.89. The van der Waals surface area contributed by atoms with Gasteiger partial charge < -0.3 is 10.5 Å². The van der Waals surface area contributed by atoms with Crippen LogP contribution in [0.15, 0.2) is 4.99 Å². The number of nitrogens with two attached hydrogens (primary N) is 1. The average molecular weight is 180 g/mol. The Labute approximate surface area is 78.4 Å². The number of rotatable bonds is 2. The molecule has 1 aliphatic carbocycles. The van der Waals surface area contributed by atoms with Crippen molar-refractivity contribution >= 4 is 5.84 Å². The van der Waals surface area contributed by atoms with Crippen molar-refractivity contribution in [1.82, 2.24) is 0 Å². The third kappa shape index (κ3) is 1.35. The van der Waals surface area contributed by atoms with Crippen LogP contribution in [0.1, 0.15) is 32.1 Å². The molecule has 13 heavy (non-hydrogen) atoms. The van der Waals surface area contributed by atoms with Crippen molar-refractivity contribution in [3.05, 3.63) is 0 Å². The summed E-state index contributed by atoms with van der Waals surface area (Å²) in [5.41, 5.74) is 5.89. The molecular weight excluding hydrogens is 164 g/mol. The summed E-state index contributed by atoms with van der Waals surface area (Å²) in [5, 5.41) is 0. The zero-order chi connectivity index (χ0) is 8.84. The molecule has 0 aromatic rings. The smallest absolute Gasteiger partial charge is 0.0973 e. The summed E-state index contributed by atoms with van der Waals surface area (Å²) in [6.45, 7) is 0. The van der Waals surface area contributed by atoms with Gasteiger partial charge in [0.1, 0.15) is 0 Å². The second kappa shape index (κ2) is 2.71. The molecule has 2 heterocycles. The molecule has 3 atom stereocenters. The minimum absolute atomic E-state index is 0.388. The maximum atomic E-state index is 5.89. The van der Waals surface area contributed by atoms with Crippen molar-refractivity contribution in [1.29, 1.82) is 0 Å². The Kier molecular flexibility index (Phi) is 1.62. The minimum atomic E-state index is 0.388. The van der Waals surface area contributed by atoms with E-state index in [1.165, 1.54) is 25.7 Å². The number of amidine groups is 1. The Hall–Kier alpha value is -0.570. The molecule has 0 aromatic heterocycles. The van der Waals surface area contributed by atoms with Gasteiger partial charge in [0.05, 0.1) is 24.1 Å². The van der Waals surface area contributed by atoms with Crippen molar-refractivity contribution in [3.63, 3.8) is 0 Å². The van der Waals surface area contributed by atoms with E-state index in [1.807, 2.05) is 0 Å². The number of ether oxygens (including phenoxy) is 1. The van der Waals surface area contributed by atoms with Gasteiger partial charge in [-0.15, -0.1) is 0 Å². The van der Waals surface area contributed by atoms with Gasteiger partial charge in [-0.25, -0.2) is 0 Å². The van der Waals surface area contributed by atoms with E-state index >= 15 is 0 Å². The Balaban J connectivity index is 1.69. The second-order valence-electron chi connectivity index (χ2n) is 4.51. The van der Waals surface area contributed by atoms with Gasteiger partial charge in [0.25, 0.3) is 0 Å². The molecule has 0 amide bonds. The Bertz CT molecular complexity index is 247. The molecule has 3 rings (SSSR count). The van der Waals surface area contributed by atoms with Crippen LogP contribution in [0.5, 0.6) is 0 Å². The quantitative estimate of drug-likeness (QED) is 0.510. The molecular formula is C10H16N2O. The van der Waals surface area contributed by atoms with Crippen molar-refractivity contribution in [2.45, 2.75) is 50.4 Å². The lowest BCUT2D eigenvalue weighted by atomic mass is 9.96. The van der Waals surface area contributed by atoms with Crippen LogP contribution in [0.25, 0.3) is 0 Å². The summed E-state index contributed by atoms with van der Waals surface area (Å²) < 4.78 is 5.72. The Morgan fingerprint density at radius 2 is 2.08 bits per heavy atom. The van der Waals surface area contributed by atoms with E-state index in [1.54, 1.807) is 0 Å². The molecule has 2 saturated heterocycles. The monoisotopic (exact) mass is 180 g/mol. The lowest BCUT2D eigenvalue weighted by Crippen LogP contribution is -2.25. The molecule has 3 heteroatoms. The fraction of sp³-hybridized carbons (Fsp3) is 0.900. The van der Waals surface area contributed by atoms with E-state index in [4.69, 9.17) is 10.5 Å². The molecule has 2 N–H and O–H groups in total. The van der Waals surface area contributed by atoms with Crippen molar-refractivity contribution in [3.8, 4) is 0 Å². The molecule has 2 aliphatic heterocycles. The number of hydrogen-bond donors (Lipinski definition) is 1. The first kappa shape index (κ1) is 7.80. The van der Waals surface area contributed by atoms with Gasteiger partial charge in [-0.3, -0.25) is 4.99 Å². The molecule has 3 fully saturated rings. The third-order valence-electron chi connectivity index (χ3n) is 3.38. The largest absolute Gasteiger partial charge is 0.387 e. The number of hydrogen-bond acceptors (Lipinski definition) is 2. The van der Waals surface area contributed by atoms with E-state index in [2.05, 4.69) is 4.99 Å². The lowest BCUT2D eigenvalue weighted by molar-refractivity contribution is 0.101. The van der Waals surface area contributed by atoms with E-state index in [9.17, 15) is 0 Å². The first-order chi connectivity index (χ1) is 6.33. The Morgan fingerprint density at radius 1 is 1.23 bits per heavy atom. The molecule has 72 valence electrons. The normalized spacial score (nSPS) is 44.3. The van der Waals surface area contributed by atoms with Gasteiger partial charge in [0.2, 0.25) is 0 Å². The molecule has 3 aliphatic rings. The third-order valence-corrected chi connectivity index (χ3v) is 3.38. The van der Waals surface area contributed by atoms with Crippen molar-refractivity contribution in [2.75, 3.05) is 0 Å². The Morgan fingerprint density at radius 3 is 2.62 bits per heavy atom. The van der Waals surface area contributed by atoms with Crippen LogP contribution < -0.4 is 5.73 Å². The van der Waals surface area contributed by atoms with Crippen LogP contribution >= 0.6 is 0 Å². The maximum Gasteiger partial charge on any atom is 0.0973 e. The molecule has 3 nitrogen and oxygen atoms in total. The predicted molar refractivity (Wildman–Crippen MR) is 50.6 cm³/mol. The number of fused-ring (bicyclic) bond motifs is 2.